The molecule has 6 heteroatoms. The molecule has 0 atom stereocenters. The van der Waals surface area contributed by atoms with Crippen molar-refractivity contribution in [1.29, 1.82) is 0 Å². The van der Waals surface area contributed by atoms with Crippen molar-refractivity contribution >= 4 is 51.1 Å². The molecule has 4 nitrogen and oxygen atoms in total. The van der Waals surface area contributed by atoms with Crippen LogP contribution in [0.15, 0.2) is 12.3 Å². The first-order valence-corrected chi connectivity index (χ1v) is 5.51. The van der Waals surface area contributed by atoms with E-state index in [4.69, 9.17) is 16.7 Å². The topological polar surface area (TPSA) is 55.1 Å². The Morgan fingerprint density at radius 3 is 2.93 bits per heavy atom. The second-order valence-corrected chi connectivity index (χ2v) is 4.54. The van der Waals surface area contributed by atoms with Gasteiger partial charge < -0.3 is 5.11 Å². The molecule has 0 aliphatic rings. The van der Waals surface area contributed by atoms with Crippen LogP contribution in [0.4, 0.5) is 0 Å². The minimum Gasteiger partial charge on any atom is -0.478 e. The molecular weight excluding hydrogens is 330 g/mol. The van der Waals surface area contributed by atoms with Crippen molar-refractivity contribution in [2.45, 2.75) is 0 Å². The van der Waals surface area contributed by atoms with Crippen LogP contribution in [0.5, 0.6) is 0 Å². The predicted octanol–water partition coefficient (Wildman–Crippen LogP) is 2.53. The minimum atomic E-state index is -1.02. The summed E-state index contributed by atoms with van der Waals surface area (Å²) < 4.78 is 2.25. The van der Waals surface area contributed by atoms with Crippen LogP contribution in [-0.2, 0) is 7.05 Å². The molecule has 15 heavy (non-hydrogen) atoms. The molecule has 0 spiro atoms. The average Bonchev–Trinajstić information content (AvgIpc) is 2.46. The Kier molecular flexibility index (Phi) is 2.59. The van der Waals surface area contributed by atoms with Crippen molar-refractivity contribution in [3.8, 4) is 0 Å². The molecular formula is C9H6ClIN2O2. The van der Waals surface area contributed by atoms with Crippen LogP contribution in [0.1, 0.15) is 10.4 Å². The summed E-state index contributed by atoms with van der Waals surface area (Å²) in [5.74, 6) is -1.02. The summed E-state index contributed by atoms with van der Waals surface area (Å²) in [5, 5.41) is 14.2. The molecule has 0 fully saturated rings. The molecule has 2 rings (SSSR count). The number of aromatic nitrogens is 2. The Labute approximate surface area is 104 Å². The van der Waals surface area contributed by atoms with Gasteiger partial charge in [0.15, 0.2) is 0 Å². The number of fused-ring (bicyclic) bond motifs is 1. The first-order chi connectivity index (χ1) is 7.02. The maximum Gasteiger partial charge on any atom is 0.338 e. The lowest BCUT2D eigenvalue weighted by Gasteiger charge is -2.04. The molecule has 2 aromatic rings. The molecule has 0 saturated carbocycles. The third-order valence-corrected chi connectivity index (χ3v) is 3.48. The molecule has 0 unspecified atom stereocenters. The van der Waals surface area contributed by atoms with Crippen LogP contribution < -0.4 is 0 Å². The van der Waals surface area contributed by atoms with Gasteiger partial charge in [0.25, 0.3) is 0 Å². The third kappa shape index (κ3) is 1.59. The molecule has 1 heterocycles. The SMILES string of the molecule is Cn1ncc2cc(Cl)c(C(=O)O)c(I)c21. The van der Waals surface area contributed by atoms with Crippen LogP contribution in [0.3, 0.4) is 0 Å². The van der Waals surface area contributed by atoms with E-state index in [1.54, 1.807) is 24.0 Å². The molecule has 0 saturated heterocycles. The third-order valence-electron chi connectivity index (χ3n) is 2.13. The van der Waals surface area contributed by atoms with Crippen LogP contribution in [-0.4, -0.2) is 20.9 Å². The van der Waals surface area contributed by atoms with Gasteiger partial charge in [0.05, 0.1) is 25.9 Å². The Hall–Kier alpha value is -0.820. The first kappa shape index (κ1) is 10.7. The summed E-state index contributed by atoms with van der Waals surface area (Å²) in [6.07, 6.45) is 1.66. The minimum absolute atomic E-state index is 0.133. The Morgan fingerprint density at radius 1 is 1.67 bits per heavy atom. The molecule has 0 aliphatic carbocycles. The van der Waals surface area contributed by atoms with Crippen molar-refractivity contribution in [1.82, 2.24) is 9.78 Å². The normalized spacial score (nSPS) is 10.9. The van der Waals surface area contributed by atoms with Gasteiger partial charge in [0.1, 0.15) is 0 Å². The van der Waals surface area contributed by atoms with Gasteiger partial charge in [0, 0.05) is 12.4 Å². The highest BCUT2D eigenvalue weighted by atomic mass is 127. The maximum absolute atomic E-state index is 11.0. The lowest BCUT2D eigenvalue weighted by molar-refractivity contribution is 0.0696. The van der Waals surface area contributed by atoms with Gasteiger partial charge in [-0.1, -0.05) is 11.6 Å². The van der Waals surface area contributed by atoms with E-state index >= 15 is 0 Å². The van der Waals surface area contributed by atoms with Crippen molar-refractivity contribution < 1.29 is 9.90 Å². The fraction of sp³-hybridized carbons (Fsp3) is 0.111. The molecule has 1 aromatic heterocycles. The zero-order valence-electron chi connectivity index (χ0n) is 7.66. The highest BCUT2D eigenvalue weighted by Crippen LogP contribution is 2.30. The largest absolute Gasteiger partial charge is 0.478 e. The summed E-state index contributed by atoms with van der Waals surface area (Å²) in [4.78, 5) is 11.0. The average molecular weight is 337 g/mol. The second-order valence-electron chi connectivity index (χ2n) is 3.06. The monoisotopic (exact) mass is 336 g/mol. The number of carboxylic acids is 1. The number of carboxylic acid groups (broad SMARTS) is 1. The molecule has 0 amide bonds. The van der Waals surface area contributed by atoms with E-state index < -0.39 is 5.97 Å². The fourth-order valence-corrected chi connectivity index (χ4v) is 3.09. The summed E-state index contributed by atoms with van der Waals surface area (Å²) in [6, 6.07) is 1.62. The van der Waals surface area contributed by atoms with Gasteiger partial charge in [0.2, 0.25) is 0 Å². The lowest BCUT2D eigenvalue weighted by atomic mass is 10.1. The maximum atomic E-state index is 11.0. The van der Waals surface area contributed by atoms with Gasteiger partial charge in [-0.25, -0.2) is 4.79 Å². The Morgan fingerprint density at radius 2 is 2.33 bits per heavy atom. The van der Waals surface area contributed by atoms with E-state index in [1.165, 1.54) is 0 Å². The highest BCUT2D eigenvalue weighted by molar-refractivity contribution is 14.1. The number of aryl methyl sites for hydroxylation is 1. The Bertz CT molecular complexity index is 565. The van der Waals surface area contributed by atoms with Crippen molar-refractivity contribution in [2.75, 3.05) is 0 Å². The van der Waals surface area contributed by atoms with Crippen LogP contribution >= 0.6 is 34.2 Å². The smallest absolute Gasteiger partial charge is 0.338 e. The fourth-order valence-electron chi connectivity index (χ4n) is 1.46. The molecule has 0 aliphatic heterocycles. The zero-order chi connectivity index (χ0) is 11.2. The van der Waals surface area contributed by atoms with Crippen molar-refractivity contribution in [3.05, 3.63) is 26.4 Å². The van der Waals surface area contributed by atoms with Gasteiger partial charge in [-0.2, -0.15) is 5.10 Å². The summed E-state index contributed by atoms with van der Waals surface area (Å²) in [6.45, 7) is 0. The number of benzene rings is 1. The zero-order valence-corrected chi connectivity index (χ0v) is 10.6. The number of halogens is 2. The number of aromatic carboxylic acids is 1. The van der Waals surface area contributed by atoms with E-state index in [9.17, 15) is 4.79 Å². The lowest BCUT2D eigenvalue weighted by Crippen LogP contribution is -2.03. The summed E-state index contributed by atoms with van der Waals surface area (Å²) >= 11 is 7.87. The molecule has 1 aromatic carbocycles. The van der Waals surface area contributed by atoms with Crippen molar-refractivity contribution in [2.24, 2.45) is 7.05 Å². The second kappa shape index (κ2) is 3.64. The number of carbonyl (C=O) groups is 1. The number of hydrogen-bond acceptors (Lipinski definition) is 2. The van der Waals surface area contributed by atoms with Gasteiger partial charge in [-0.15, -0.1) is 0 Å². The standard InChI is InChI=1S/C9H6ClIN2O2/c1-13-8-4(3-12-13)2-5(10)6(7(8)11)9(14)15/h2-3H,1H3,(H,14,15). The number of rotatable bonds is 1. The summed E-state index contributed by atoms with van der Waals surface area (Å²) in [5.41, 5.74) is 0.922. The molecule has 1 N–H and O–H groups in total. The van der Waals surface area contributed by atoms with E-state index in [1.807, 2.05) is 22.6 Å². The quantitative estimate of drug-likeness (QED) is 0.814. The number of hydrogen-bond donors (Lipinski definition) is 1. The van der Waals surface area contributed by atoms with Crippen molar-refractivity contribution in [3.63, 3.8) is 0 Å². The van der Waals surface area contributed by atoms with Crippen LogP contribution in [0, 0.1) is 3.57 Å². The number of nitrogens with zero attached hydrogens (tertiary/aromatic N) is 2. The highest BCUT2D eigenvalue weighted by Gasteiger charge is 2.18. The van der Waals surface area contributed by atoms with Gasteiger partial charge >= 0.3 is 5.97 Å². The Balaban J connectivity index is 2.93. The van der Waals surface area contributed by atoms with E-state index in [-0.39, 0.29) is 10.6 Å². The predicted molar refractivity (Wildman–Crippen MR) is 65.4 cm³/mol. The molecule has 78 valence electrons. The van der Waals surface area contributed by atoms with E-state index in [0.717, 1.165) is 10.9 Å². The molecule has 0 bridgehead atoms. The van der Waals surface area contributed by atoms with Crippen LogP contribution in [0.2, 0.25) is 5.02 Å². The van der Waals surface area contributed by atoms with Gasteiger partial charge in [-0.3, -0.25) is 4.68 Å². The van der Waals surface area contributed by atoms with E-state index in [0.29, 0.717) is 3.57 Å². The van der Waals surface area contributed by atoms with E-state index in [2.05, 4.69) is 5.10 Å². The van der Waals surface area contributed by atoms with Gasteiger partial charge in [-0.05, 0) is 28.7 Å². The first-order valence-electron chi connectivity index (χ1n) is 4.05. The van der Waals surface area contributed by atoms with Crippen LogP contribution in [0.25, 0.3) is 10.9 Å². The summed E-state index contributed by atoms with van der Waals surface area (Å²) in [7, 11) is 1.77. The molecule has 0 radical (unpaired) electrons.